The molecule has 42 heavy (non-hydrogen) atoms. The van der Waals surface area contributed by atoms with Crippen molar-refractivity contribution in [2.24, 2.45) is 0 Å². The van der Waals surface area contributed by atoms with E-state index in [2.05, 4.69) is 23.7 Å². The van der Waals surface area contributed by atoms with Crippen LogP contribution in [-0.4, -0.2) is 65.5 Å². The van der Waals surface area contributed by atoms with Gasteiger partial charge in [-0.15, -0.1) is 0 Å². The lowest BCUT2D eigenvalue weighted by Gasteiger charge is -2.40. The van der Waals surface area contributed by atoms with E-state index in [1.165, 1.54) is 17.7 Å². The molecule has 0 bridgehead atoms. The van der Waals surface area contributed by atoms with E-state index in [9.17, 15) is 19.1 Å². The molecule has 0 aliphatic carbocycles. The molecule has 4 rings (SSSR count). The molecular weight excluding hydrogens is 533 g/mol. The van der Waals surface area contributed by atoms with Crippen molar-refractivity contribution in [1.82, 2.24) is 15.1 Å². The summed E-state index contributed by atoms with van der Waals surface area (Å²) in [6.07, 6.45) is 0.981. The first-order chi connectivity index (χ1) is 20.2. The minimum atomic E-state index is -0.808. The van der Waals surface area contributed by atoms with Gasteiger partial charge in [-0.3, -0.25) is 14.5 Å². The first-order valence-electron chi connectivity index (χ1n) is 14.4. The second-order valence-electron chi connectivity index (χ2n) is 10.8. The van der Waals surface area contributed by atoms with Gasteiger partial charge in [-0.25, -0.2) is 4.39 Å². The molecule has 1 aliphatic heterocycles. The lowest BCUT2D eigenvalue weighted by molar-refractivity contribution is -0.130. The van der Waals surface area contributed by atoms with Crippen LogP contribution in [0, 0.1) is 12.7 Å². The van der Waals surface area contributed by atoms with Crippen LogP contribution in [-0.2, 0) is 11.2 Å². The van der Waals surface area contributed by atoms with E-state index >= 15 is 0 Å². The molecule has 3 aromatic carbocycles. The Morgan fingerprint density at radius 3 is 2.40 bits per heavy atom. The SMILES string of the molecule is C=CC(=O)N1CCN(C[C@H](Oc2ccc(C(=O)NC[C@H](O)c3ccc(CC)cc3)cc2)c2ccc(C)c(F)c2)C[C@H]1C. The van der Waals surface area contributed by atoms with Gasteiger partial charge >= 0.3 is 0 Å². The van der Waals surface area contributed by atoms with Crippen LogP contribution in [0.1, 0.15) is 58.7 Å². The minimum Gasteiger partial charge on any atom is -0.484 e. The van der Waals surface area contributed by atoms with Crippen molar-refractivity contribution < 1.29 is 23.8 Å². The minimum absolute atomic E-state index is 0.00618. The number of amides is 2. The van der Waals surface area contributed by atoms with Gasteiger partial charge in [-0.05, 0) is 78.9 Å². The monoisotopic (exact) mass is 573 g/mol. The summed E-state index contributed by atoms with van der Waals surface area (Å²) in [6.45, 7) is 11.9. The van der Waals surface area contributed by atoms with E-state index in [0.717, 1.165) is 12.0 Å². The number of hydrogen-bond donors (Lipinski definition) is 2. The highest BCUT2D eigenvalue weighted by atomic mass is 19.1. The number of aliphatic hydroxyl groups is 1. The van der Waals surface area contributed by atoms with Gasteiger partial charge in [-0.1, -0.05) is 49.9 Å². The second-order valence-corrected chi connectivity index (χ2v) is 10.8. The maximum absolute atomic E-state index is 14.5. The molecule has 1 aliphatic rings. The number of aliphatic hydroxyl groups excluding tert-OH is 1. The molecule has 0 saturated carbocycles. The van der Waals surface area contributed by atoms with Gasteiger partial charge in [0.1, 0.15) is 17.7 Å². The maximum atomic E-state index is 14.5. The molecule has 0 unspecified atom stereocenters. The normalized spacial score (nSPS) is 16.9. The lowest BCUT2D eigenvalue weighted by atomic mass is 10.0. The molecule has 0 spiro atoms. The molecule has 3 aromatic rings. The van der Waals surface area contributed by atoms with Crippen molar-refractivity contribution >= 4 is 11.8 Å². The predicted molar refractivity (Wildman–Crippen MR) is 162 cm³/mol. The molecule has 2 N–H and O–H groups in total. The summed E-state index contributed by atoms with van der Waals surface area (Å²) in [5.41, 5.74) is 3.63. The molecule has 1 fully saturated rings. The third kappa shape index (κ3) is 7.84. The zero-order valence-corrected chi connectivity index (χ0v) is 24.6. The Kier molecular flexibility index (Phi) is 10.5. The molecule has 2 amide bonds. The highest BCUT2D eigenvalue weighted by Gasteiger charge is 2.28. The predicted octanol–water partition coefficient (Wildman–Crippen LogP) is 5.00. The summed E-state index contributed by atoms with van der Waals surface area (Å²) >= 11 is 0. The van der Waals surface area contributed by atoms with Crippen LogP contribution < -0.4 is 10.1 Å². The van der Waals surface area contributed by atoms with E-state index in [-0.39, 0.29) is 30.2 Å². The number of carbonyl (C=O) groups is 2. The van der Waals surface area contributed by atoms with Crippen LogP contribution in [0.5, 0.6) is 5.75 Å². The molecule has 0 radical (unpaired) electrons. The number of benzene rings is 3. The van der Waals surface area contributed by atoms with Gasteiger partial charge in [0.2, 0.25) is 5.91 Å². The van der Waals surface area contributed by atoms with Crippen LogP contribution in [0.3, 0.4) is 0 Å². The number of nitrogens with one attached hydrogen (secondary N) is 1. The van der Waals surface area contributed by atoms with Crippen LogP contribution in [0.2, 0.25) is 0 Å². The van der Waals surface area contributed by atoms with E-state index in [1.807, 2.05) is 37.3 Å². The lowest BCUT2D eigenvalue weighted by Crippen LogP contribution is -2.54. The summed E-state index contributed by atoms with van der Waals surface area (Å²) in [7, 11) is 0. The van der Waals surface area contributed by atoms with Gasteiger partial charge < -0.3 is 20.1 Å². The van der Waals surface area contributed by atoms with Gasteiger partial charge in [0.25, 0.3) is 5.91 Å². The maximum Gasteiger partial charge on any atom is 0.251 e. The number of hydrogen-bond acceptors (Lipinski definition) is 5. The standard InChI is InChI=1S/C34H40FN3O4/c1-5-25-8-11-26(12-9-25)31(39)20-36-34(41)27-13-15-29(16-14-27)42-32(28-10-7-23(3)30(35)19-28)22-37-17-18-38(24(4)21-37)33(40)6-2/h6-16,19,24,31-32,39H,2,5,17-18,20-22H2,1,3-4H3,(H,36,41)/t24-,31+,32+/m1/s1. The van der Waals surface area contributed by atoms with E-state index in [1.54, 1.807) is 42.2 Å². The average molecular weight is 574 g/mol. The quantitative estimate of drug-likeness (QED) is 0.316. The number of aryl methyl sites for hydroxylation is 2. The van der Waals surface area contributed by atoms with Gasteiger partial charge in [0.05, 0.1) is 6.10 Å². The zero-order valence-electron chi connectivity index (χ0n) is 24.6. The van der Waals surface area contributed by atoms with Crippen molar-refractivity contribution in [2.75, 3.05) is 32.7 Å². The molecule has 1 saturated heterocycles. The van der Waals surface area contributed by atoms with Crippen LogP contribution in [0.4, 0.5) is 4.39 Å². The van der Waals surface area contributed by atoms with Crippen LogP contribution in [0.15, 0.2) is 79.4 Å². The number of halogens is 1. The number of ether oxygens (including phenoxy) is 1. The van der Waals surface area contributed by atoms with Crippen molar-refractivity contribution in [3.63, 3.8) is 0 Å². The van der Waals surface area contributed by atoms with E-state index < -0.39 is 12.2 Å². The van der Waals surface area contributed by atoms with Crippen molar-refractivity contribution in [3.05, 3.63) is 113 Å². The summed E-state index contributed by atoms with van der Waals surface area (Å²) in [5, 5.41) is 13.3. The van der Waals surface area contributed by atoms with Gasteiger partial charge in [0.15, 0.2) is 0 Å². The topological polar surface area (TPSA) is 82.1 Å². The Labute approximate surface area is 247 Å². The fraction of sp³-hybridized carbons (Fsp3) is 0.353. The summed E-state index contributed by atoms with van der Waals surface area (Å²) in [6, 6.07) is 19.6. The van der Waals surface area contributed by atoms with Crippen molar-refractivity contribution in [1.29, 1.82) is 0 Å². The van der Waals surface area contributed by atoms with Gasteiger partial charge in [-0.2, -0.15) is 0 Å². The Morgan fingerprint density at radius 2 is 1.79 bits per heavy atom. The largest absolute Gasteiger partial charge is 0.484 e. The Morgan fingerprint density at radius 1 is 1.10 bits per heavy atom. The third-order valence-corrected chi connectivity index (χ3v) is 7.78. The Balaban J connectivity index is 1.41. The van der Waals surface area contributed by atoms with Crippen LogP contribution in [0.25, 0.3) is 0 Å². The Bertz CT molecular complexity index is 1380. The first kappa shape index (κ1) is 30.9. The van der Waals surface area contributed by atoms with E-state index in [4.69, 9.17) is 4.74 Å². The fourth-order valence-corrected chi connectivity index (χ4v) is 5.13. The molecular formula is C34H40FN3O4. The Hall–Kier alpha value is -4.01. The number of carbonyl (C=O) groups excluding carboxylic acids is 2. The molecule has 8 heteroatoms. The van der Waals surface area contributed by atoms with Crippen molar-refractivity contribution in [2.45, 2.75) is 45.4 Å². The smallest absolute Gasteiger partial charge is 0.251 e. The molecule has 3 atom stereocenters. The highest BCUT2D eigenvalue weighted by molar-refractivity contribution is 5.94. The molecule has 0 aromatic heterocycles. The highest BCUT2D eigenvalue weighted by Crippen LogP contribution is 2.26. The zero-order chi connectivity index (χ0) is 30.2. The summed E-state index contributed by atoms with van der Waals surface area (Å²) in [4.78, 5) is 28.9. The molecule has 1 heterocycles. The van der Waals surface area contributed by atoms with Gasteiger partial charge in [0, 0.05) is 44.3 Å². The number of rotatable bonds is 11. The fourth-order valence-electron chi connectivity index (χ4n) is 5.13. The number of piperazine rings is 1. The first-order valence-corrected chi connectivity index (χ1v) is 14.4. The number of nitrogens with zero attached hydrogens (tertiary/aromatic N) is 2. The summed E-state index contributed by atoms with van der Waals surface area (Å²) in [5.74, 6) is -0.142. The van der Waals surface area contributed by atoms with E-state index in [0.29, 0.717) is 48.6 Å². The second kappa shape index (κ2) is 14.2. The third-order valence-electron chi connectivity index (χ3n) is 7.78. The van der Waals surface area contributed by atoms with Crippen molar-refractivity contribution in [3.8, 4) is 5.75 Å². The molecule has 222 valence electrons. The van der Waals surface area contributed by atoms with Crippen LogP contribution >= 0.6 is 0 Å². The molecule has 7 nitrogen and oxygen atoms in total. The average Bonchev–Trinajstić information content (AvgIpc) is 3.00. The summed E-state index contributed by atoms with van der Waals surface area (Å²) < 4.78 is 20.9.